The molecule has 0 unspecified atom stereocenters. The van der Waals surface area contributed by atoms with Gasteiger partial charge in [-0.3, -0.25) is 14.5 Å². The van der Waals surface area contributed by atoms with Crippen molar-refractivity contribution in [3.63, 3.8) is 0 Å². The molecule has 0 bridgehead atoms. The molecule has 2 aliphatic rings. The summed E-state index contributed by atoms with van der Waals surface area (Å²) in [5.41, 5.74) is 6.97. The van der Waals surface area contributed by atoms with Crippen LogP contribution < -0.4 is 11.1 Å². The number of aliphatic carboxylic acids is 1. The molecule has 32 heavy (non-hydrogen) atoms. The van der Waals surface area contributed by atoms with Crippen molar-refractivity contribution >= 4 is 69.9 Å². The summed E-state index contributed by atoms with van der Waals surface area (Å²) < 4.78 is 0.610. The Labute approximate surface area is 201 Å². The molecule has 0 saturated carbocycles. The van der Waals surface area contributed by atoms with Crippen LogP contribution in [0.15, 0.2) is 45.3 Å². The molecule has 1 aromatic carbocycles. The number of nitrogens with two attached hydrogens (primary N) is 1. The second-order valence-corrected chi connectivity index (χ2v) is 11.1. The number of aryl methyl sites for hydroxylation is 1. The first-order valence-electron chi connectivity index (χ1n) is 9.45. The normalized spacial score (nSPS) is 19.9. The number of carbonyl (C=O) groups is 3. The van der Waals surface area contributed by atoms with Crippen molar-refractivity contribution in [3.8, 4) is 0 Å². The average Bonchev–Trinajstić information content (AvgIpc) is 3.12. The molecule has 166 valence electrons. The third-order valence-corrected chi connectivity index (χ3v) is 8.65. The van der Waals surface area contributed by atoms with Crippen LogP contribution in [0.5, 0.6) is 0 Å². The summed E-state index contributed by atoms with van der Waals surface area (Å²) in [6.45, 7) is 1.84. The van der Waals surface area contributed by atoms with Crippen LogP contribution in [0.3, 0.4) is 0 Å². The fourth-order valence-corrected chi connectivity index (χ4v) is 7.45. The van der Waals surface area contributed by atoms with E-state index < -0.39 is 23.3 Å². The maximum absolute atomic E-state index is 12.8. The van der Waals surface area contributed by atoms with Crippen molar-refractivity contribution in [3.05, 3.63) is 57.1 Å². The maximum atomic E-state index is 12.8. The fraction of sp³-hybridized carbons (Fsp3) is 0.250. The number of amides is 2. The Morgan fingerprint density at radius 3 is 2.72 bits per heavy atom. The third-order valence-electron chi connectivity index (χ3n) is 4.88. The number of nitrogens with zero attached hydrogens (tertiary/aromatic N) is 2. The molecule has 0 spiro atoms. The molecule has 1 fully saturated rings. The zero-order chi connectivity index (χ0) is 23.0. The average molecular weight is 507 g/mol. The SMILES string of the molecule is Cc1sc(SC2=C(C(=O)O)N3C(=O)[C@@H](NC(=O)Cc4ccccc4)[C@@H]3SC2)nc1C(N)=S. The van der Waals surface area contributed by atoms with Crippen LogP contribution in [0, 0.1) is 6.92 Å². The molecule has 2 aromatic rings. The minimum absolute atomic E-state index is 0.0676. The van der Waals surface area contributed by atoms with Crippen LogP contribution >= 0.6 is 47.1 Å². The number of aromatic nitrogens is 1. The summed E-state index contributed by atoms with van der Waals surface area (Å²) in [6, 6.07) is 8.46. The molecule has 4 N–H and O–H groups in total. The Morgan fingerprint density at radius 2 is 2.09 bits per heavy atom. The summed E-state index contributed by atoms with van der Waals surface area (Å²) in [5, 5.41) is 12.1. The standard InChI is InChI=1S/C20H18N4O4S4/c1-9-13(16(21)29)23-20(31-9)32-11-8-30-18-14(17(26)24(18)15(11)19(27)28)22-12(25)7-10-5-3-2-4-6-10/h2-6,14,18H,7-8H2,1H3,(H2,21,29)(H,22,25)(H,27,28)/t14-,18+/m1/s1. The number of fused-ring (bicyclic) bond motifs is 1. The molecule has 0 aliphatic carbocycles. The maximum Gasteiger partial charge on any atom is 0.353 e. The van der Waals surface area contributed by atoms with Gasteiger partial charge in [0.15, 0.2) is 4.34 Å². The fourth-order valence-electron chi connectivity index (χ4n) is 3.42. The number of thiocarbonyl (C=S) groups is 1. The first-order valence-corrected chi connectivity index (χ1v) is 12.5. The molecule has 3 heterocycles. The molecule has 1 saturated heterocycles. The largest absolute Gasteiger partial charge is 0.477 e. The molecular formula is C20H18N4O4S4. The van der Waals surface area contributed by atoms with Crippen LogP contribution in [-0.2, 0) is 20.8 Å². The summed E-state index contributed by atoms with van der Waals surface area (Å²) in [6.07, 6.45) is 0.152. The molecule has 4 rings (SSSR count). The first-order chi connectivity index (χ1) is 15.3. The van der Waals surface area contributed by atoms with Crippen molar-refractivity contribution in [2.75, 3.05) is 5.75 Å². The Hall–Kier alpha value is -2.41. The Morgan fingerprint density at radius 1 is 1.38 bits per heavy atom. The third kappa shape index (κ3) is 4.40. The van der Waals surface area contributed by atoms with Crippen molar-refractivity contribution in [1.82, 2.24) is 15.2 Å². The number of carbonyl (C=O) groups excluding carboxylic acids is 2. The Balaban J connectivity index is 1.49. The zero-order valence-corrected chi connectivity index (χ0v) is 20.0. The number of carboxylic acid groups (broad SMARTS) is 1. The van der Waals surface area contributed by atoms with Crippen LogP contribution in [0.4, 0.5) is 0 Å². The van der Waals surface area contributed by atoms with Crippen LogP contribution in [0.1, 0.15) is 16.1 Å². The van der Waals surface area contributed by atoms with E-state index in [0.717, 1.165) is 10.4 Å². The van der Waals surface area contributed by atoms with E-state index in [0.29, 0.717) is 20.7 Å². The van der Waals surface area contributed by atoms with Gasteiger partial charge in [0, 0.05) is 15.5 Å². The summed E-state index contributed by atoms with van der Waals surface area (Å²) in [5.74, 6) is -1.52. The first kappa shape index (κ1) is 22.8. The van der Waals surface area contributed by atoms with E-state index >= 15 is 0 Å². The number of thiazole rings is 1. The molecule has 0 radical (unpaired) electrons. The molecular weight excluding hydrogens is 489 g/mol. The van der Waals surface area contributed by atoms with Gasteiger partial charge in [-0.25, -0.2) is 9.78 Å². The van der Waals surface area contributed by atoms with Gasteiger partial charge in [0.2, 0.25) is 5.91 Å². The molecule has 2 amide bonds. The van der Waals surface area contributed by atoms with Gasteiger partial charge in [0.25, 0.3) is 5.91 Å². The highest BCUT2D eigenvalue weighted by Gasteiger charge is 2.54. The topological polar surface area (TPSA) is 126 Å². The van der Waals surface area contributed by atoms with E-state index in [2.05, 4.69) is 10.3 Å². The predicted octanol–water partition coefficient (Wildman–Crippen LogP) is 2.12. The van der Waals surface area contributed by atoms with E-state index in [1.54, 1.807) is 0 Å². The lowest BCUT2D eigenvalue weighted by molar-refractivity contribution is -0.150. The van der Waals surface area contributed by atoms with Crippen molar-refractivity contribution in [2.45, 2.75) is 29.1 Å². The minimum atomic E-state index is -1.19. The van der Waals surface area contributed by atoms with Crippen LogP contribution in [-0.4, -0.2) is 54.9 Å². The van der Waals surface area contributed by atoms with E-state index in [4.69, 9.17) is 18.0 Å². The second kappa shape index (κ2) is 9.22. The highest BCUT2D eigenvalue weighted by Crippen LogP contribution is 2.46. The number of hydrogen-bond acceptors (Lipinski definition) is 8. The molecule has 8 nitrogen and oxygen atoms in total. The molecule has 1 aromatic heterocycles. The quantitative estimate of drug-likeness (QED) is 0.382. The van der Waals surface area contributed by atoms with Gasteiger partial charge in [0.1, 0.15) is 27.8 Å². The summed E-state index contributed by atoms with van der Waals surface area (Å²) in [4.78, 5) is 44.4. The number of carboxylic acids is 1. The van der Waals surface area contributed by atoms with Gasteiger partial charge in [-0.15, -0.1) is 23.1 Å². The zero-order valence-electron chi connectivity index (χ0n) is 16.7. The molecule has 2 atom stereocenters. The van der Waals surface area contributed by atoms with Gasteiger partial charge in [-0.1, -0.05) is 54.3 Å². The lowest BCUT2D eigenvalue weighted by Gasteiger charge is -2.49. The lowest BCUT2D eigenvalue weighted by atomic mass is 10.0. The minimum Gasteiger partial charge on any atom is -0.477 e. The number of benzene rings is 1. The van der Waals surface area contributed by atoms with Gasteiger partial charge in [-0.05, 0) is 12.5 Å². The van der Waals surface area contributed by atoms with Crippen molar-refractivity contribution < 1.29 is 19.5 Å². The van der Waals surface area contributed by atoms with Crippen molar-refractivity contribution in [2.24, 2.45) is 5.73 Å². The number of hydrogen-bond donors (Lipinski definition) is 3. The predicted molar refractivity (Wildman–Crippen MR) is 128 cm³/mol. The highest BCUT2D eigenvalue weighted by atomic mass is 32.2. The smallest absolute Gasteiger partial charge is 0.353 e. The number of nitrogens with one attached hydrogen (secondary N) is 1. The highest BCUT2D eigenvalue weighted by molar-refractivity contribution is 8.07. The van der Waals surface area contributed by atoms with E-state index in [1.165, 1.54) is 39.8 Å². The van der Waals surface area contributed by atoms with Crippen LogP contribution in [0.2, 0.25) is 0 Å². The summed E-state index contributed by atoms with van der Waals surface area (Å²) >= 11 is 8.98. The molecule has 12 heteroatoms. The van der Waals surface area contributed by atoms with Crippen molar-refractivity contribution in [1.29, 1.82) is 0 Å². The van der Waals surface area contributed by atoms with Gasteiger partial charge in [0.05, 0.1) is 6.42 Å². The van der Waals surface area contributed by atoms with E-state index in [-0.39, 0.29) is 23.0 Å². The lowest BCUT2D eigenvalue weighted by Crippen LogP contribution is -2.70. The van der Waals surface area contributed by atoms with Gasteiger partial charge in [-0.2, -0.15) is 0 Å². The molecule has 2 aliphatic heterocycles. The van der Waals surface area contributed by atoms with Crippen LogP contribution in [0.25, 0.3) is 0 Å². The van der Waals surface area contributed by atoms with Gasteiger partial charge < -0.3 is 16.2 Å². The number of rotatable bonds is 7. The Kier molecular flexibility index (Phi) is 6.56. The summed E-state index contributed by atoms with van der Waals surface area (Å²) in [7, 11) is 0. The van der Waals surface area contributed by atoms with E-state index in [9.17, 15) is 19.5 Å². The second-order valence-electron chi connectivity index (χ2n) is 7.05. The Bertz CT molecular complexity index is 1150. The van der Waals surface area contributed by atoms with E-state index in [1.807, 2.05) is 37.3 Å². The number of thioether (sulfide) groups is 2. The monoisotopic (exact) mass is 506 g/mol. The number of β-lactam (4-membered cyclic amide) rings is 1. The van der Waals surface area contributed by atoms with Gasteiger partial charge >= 0.3 is 5.97 Å².